The molecule has 0 aliphatic carbocycles. The molecule has 0 spiro atoms. The van der Waals surface area contributed by atoms with Crippen molar-refractivity contribution >= 4 is 17.5 Å². The highest BCUT2D eigenvalue weighted by molar-refractivity contribution is 5.96. The Morgan fingerprint density at radius 3 is 2.52 bits per heavy atom. The largest absolute Gasteiger partial charge is 0.488 e. The minimum Gasteiger partial charge on any atom is -0.488 e. The zero-order valence-corrected chi connectivity index (χ0v) is 13.4. The number of hydrogen-bond acceptors (Lipinski definition) is 6. The molecule has 0 aromatic heterocycles. The summed E-state index contributed by atoms with van der Waals surface area (Å²) in [7, 11) is 0. The van der Waals surface area contributed by atoms with Gasteiger partial charge in [-0.1, -0.05) is 18.2 Å². The van der Waals surface area contributed by atoms with Crippen LogP contribution in [0.4, 0.5) is 5.69 Å². The van der Waals surface area contributed by atoms with Gasteiger partial charge in [0.25, 0.3) is 5.69 Å². The van der Waals surface area contributed by atoms with Gasteiger partial charge in [-0.05, 0) is 24.3 Å². The summed E-state index contributed by atoms with van der Waals surface area (Å²) in [6.07, 6.45) is -0.706. The lowest BCUT2D eigenvalue weighted by Crippen LogP contribution is -2.36. The van der Waals surface area contributed by atoms with E-state index in [1.165, 1.54) is 36.2 Å². The second kappa shape index (κ2) is 7.00. The van der Waals surface area contributed by atoms with Gasteiger partial charge >= 0.3 is 0 Å². The molecule has 1 heterocycles. The minimum absolute atomic E-state index is 0.0327. The van der Waals surface area contributed by atoms with Crippen molar-refractivity contribution < 1.29 is 19.2 Å². The van der Waals surface area contributed by atoms with E-state index in [2.05, 4.69) is 5.10 Å². The molecule has 1 aliphatic heterocycles. The Morgan fingerprint density at radius 2 is 1.92 bits per heavy atom. The van der Waals surface area contributed by atoms with Crippen molar-refractivity contribution in [1.82, 2.24) is 5.01 Å². The van der Waals surface area contributed by atoms with Crippen molar-refractivity contribution in [3.05, 3.63) is 70.3 Å². The molecule has 0 fully saturated rings. The van der Waals surface area contributed by atoms with Crippen LogP contribution in [0.25, 0.3) is 0 Å². The van der Waals surface area contributed by atoms with Crippen LogP contribution in [-0.2, 0) is 9.53 Å². The van der Waals surface area contributed by atoms with Crippen molar-refractivity contribution in [1.29, 1.82) is 0 Å². The molecule has 2 aromatic carbocycles. The molecule has 1 atom stereocenters. The van der Waals surface area contributed by atoms with Crippen molar-refractivity contribution in [3.8, 4) is 5.75 Å². The highest BCUT2D eigenvalue weighted by Gasteiger charge is 2.32. The van der Waals surface area contributed by atoms with Crippen LogP contribution < -0.4 is 4.74 Å². The van der Waals surface area contributed by atoms with Crippen molar-refractivity contribution in [2.24, 2.45) is 5.10 Å². The van der Waals surface area contributed by atoms with E-state index >= 15 is 0 Å². The van der Waals surface area contributed by atoms with E-state index < -0.39 is 11.2 Å². The van der Waals surface area contributed by atoms with Gasteiger partial charge in [0.1, 0.15) is 12.4 Å². The van der Waals surface area contributed by atoms with Gasteiger partial charge in [0.05, 0.1) is 4.92 Å². The number of nitrogens with zero attached hydrogens (tertiary/aromatic N) is 3. The van der Waals surface area contributed by atoms with Crippen LogP contribution in [0.1, 0.15) is 12.5 Å². The van der Waals surface area contributed by atoms with Crippen LogP contribution in [0.15, 0.2) is 59.7 Å². The lowest BCUT2D eigenvalue weighted by molar-refractivity contribution is -0.384. The smallest absolute Gasteiger partial charge is 0.269 e. The highest BCUT2D eigenvalue weighted by Crippen LogP contribution is 2.21. The second-order valence-corrected chi connectivity index (χ2v) is 5.27. The summed E-state index contributed by atoms with van der Waals surface area (Å²) in [5.74, 6) is 0.573. The number of rotatable bonds is 5. The third kappa shape index (κ3) is 3.74. The highest BCUT2D eigenvalue weighted by atomic mass is 16.6. The summed E-state index contributed by atoms with van der Waals surface area (Å²) >= 11 is 0. The van der Waals surface area contributed by atoms with Crippen LogP contribution in [0.3, 0.4) is 0 Å². The molecule has 0 saturated carbocycles. The average Bonchev–Trinajstić information content (AvgIpc) is 3.05. The Hall–Kier alpha value is -3.42. The summed E-state index contributed by atoms with van der Waals surface area (Å²) in [5, 5.41) is 16.1. The molecule has 0 N–H and O–H groups in total. The molecule has 0 bridgehead atoms. The Balaban J connectivity index is 1.73. The lowest BCUT2D eigenvalue weighted by atomic mass is 10.2. The molecule has 0 radical (unpaired) electrons. The van der Waals surface area contributed by atoms with Crippen LogP contribution in [-0.4, -0.2) is 34.6 Å². The molecule has 1 amide bonds. The molecule has 0 unspecified atom stereocenters. The van der Waals surface area contributed by atoms with Gasteiger partial charge in [-0.15, -0.1) is 5.10 Å². The number of non-ortho nitro benzene ring substituents is 1. The van der Waals surface area contributed by atoms with Gasteiger partial charge in [0.15, 0.2) is 0 Å². The van der Waals surface area contributed by atoms with E-state index in [0.29, 0.717) is 11.3 Å². The van der Waals surface area contributed by atoms with Gasteiger partial charge in [-0.2, -0.15) is 5.01 Å². The molecule has 3 rings (SSSR count). The lowest BCUT2D eigenvalue weighted by Gasteiger charge is -2.19. The van der Waals surface area contributed by atoms with E-state index in [1.54, 1.807) is 12.1 Å². The van der Waals surface area contributed by atoms with Crippen molar-refractivity contribution in [3.63, 3.8) is 0 Å². The summed E-state index contributed by atoms with van der Waals surface area (Å²) in [5.41, 5.74) is 0.508. The van der Waals surface area contributed by atoms with Crippen LogP contribution in [0.2, 0.25) is 0 Å². The predicted octanol–water partition coefficient (Wildman–Crippen LogP) is 2.54. The Morgan fingerprint density at radius 1 is 1.24 bits per heavy atom. The summed E-state index contributed by atoms with van der Waals surface area (Å²) in [4.78, 5) is 22.0. The SMILES string of the molecule is CC(=O)N1N=C(c2ccc([N+](=O)[O-])cc2)O[C@H]1COc1ccccc1. The number of para-hydroxylation sites is 1. The predicted molar refractivity (Wildman–Crippen MR) is 89.0 cm³/mol. The average molecular weight is 341 g/mol. The zero-order valence-electron chi connectivity index (χ0n) is 13.4. The fourth-order valence-electron chi connectivity index (χ4n) is 2.28. The Kier molecular flexibility index (Phi) is 4.60. The van der Waals surface area contributed by atoms with Gasteiger partial charge < -0.3 is 9.47 Å². The standard InChI is InChI=1S/C17H15N3O5/c1-12(21)19-16(11-24-15-5-3-2-4-6-15)25-17(18-19)13-7-9-14(10-8-13)20(22)23/h2-10,16H,11H2,1H3/t16-/m0/s1. The zero-order chi connectivity index (χ0) is 17.8. The molecule has 25 heavy (non-hydrogen) atoms. The quantitative estimate of drug-likeness (QED) is 0.615. The monoisotopic (exact) mass is 341 g/mol. The molecule has 8 heteroatoms. The molecule has 2 aromatic rings. The van der Waals surface area contributed by atoms with E-state index in [9.17, 15) is 14.9 Å². The first kappa shape index (κ1) is 16.4. The maximum Gasteiger partial charge on any atom is 0.269 e. The summed E-state index contributed by atoms with van der Waals surface area (Å²) < 4.78 is 11.3. The first-order valence-corrected chi connectivity index (χ1v) is 7.52. The van der Waals surface area contributed by atoms with Crippen LogP contribution in [0.5, 0.6) is 5.75 Å². The van der Waals surface area contributed by atoms with E-state index in [-0.39, 0.29) is 24.1 Å². The van der Waals surface area contributed by atoms with Crippen LogP contribution in [0, 0.1) is 10.1 Å². The number of carbonyl (C=O) groups is 1. The fourth-order valence-corrected chi connectivity index (χ4v) is 2.28. The molecular weight excluding hydrogens is 326 g/mol. The van der Waals surface area contributed by atoms with Gasteiger partial charge in [0.2, 0.25) is 18.0 Å². The fraction of sp³-hybridized carbons (Fsp3) is 0.176. The van der Waals surface area contributed by atoms with Crippen molar-refractivity contribution in [2.75, 3.05) is 6.61 Å². The Labute approximate surface area is 143 Å². The first-order valence-electron chi connectivity index (χ1n) is 7.52. The number of benzene rings is 2. The maximum absolute atomic E-state index is 11.8. The number of hydrazone groups is 1. The minimum atomic E-state index is -0.706. The maximum atomic E-state index is 11.8. The molecule has 128 valence electrons. The Bertz CT molecular complexity index is 805. The summed E-state index contributed by atoms with van der Waals surface area (Å²) in [6, 6.07) is 14.9. The van der Waals surface area contributed by atoms with E-state index in [1.807, 2.05) is 18.2 Å². The second-order valence-electron chi connectivity index (χ2n) is 5.27. The summed E-state index contributed by atoms with van der Waals surface area (Å²) in [6.45, 7) is 1.48. The van der Waals surface area contributed by atoms with E-state index in [4.69, 9.17) is 9.47 Å². The topological polar surface area (TPSA) is 94.3 Å². The third-order valence-corrected chi connectivity index (χ3v) is 3.50. The molecule has 0 saturated heterocycles. The van der Waals surface area contributed by atoms with Gasteiger partial charge in [-0.3, -0.25) is 14.9 Å². The van der Waals surface area contributed by atoms with Crippen molar-refractivity contribution in [2.45, 2.75) is 13.2 Å². The van der Waals surface area contributed by atoms with E-state index in [0.717, 1.165) is 0 Å². The van der Waals surface area contributed by atoms with Crippen LogP contribution >= 0.6 is 0 Å². The number of amides is 1. The number of nitro benzene ring substituents is 1. The number of hydrogen-bond donors (Lipinski definition) is 0. The van der Waals surface area contributed by atoms with Gasteiger partial charge in [-0.25, -0.2) is 0 Å². The number of ether oxygens (including phenoxy) is 2. The molecule has 1 aliphatic rings. The third-order valence-electron chi connectivity index (χ3n) is 3.50. The normalized spacial score (nSPS) is 16.1. The number of nitro groups is 1. The first-order chi connectivity index (χ1) is 12.0. The van der Waals surface area contributed by atoms with Gasteiger partial charge in [0, 0.05) is 24.6 Å². The number of carbonyl (C=O) groups excluding carboxylic acids is 1. The molecule has 8 nitrogen and oxygen atoms in total. The molecular formula is C17H15N3O5.